The van der Waals surface area contributed by atoms with Gasteiger partial charge in [0.05, 0.1) is 11.2 Å². The van der Waals surface area contributed by atoms with Crippen LogP contribution in [0.2, 0.25) is 0 Å². The zero-order valence-electron chi connectivity index (χ0n) is 12.3. The molecule has 0 saturated heterocycles. The molecule has 3 nitrogen and oxygen atoms in total. The summed E-state index contributed by atoms with van der Waals surface area (Å²) in [5.74, 6) is 1.20. The van der Waals surface area contributed by atoms with E-state index in [2.05, 4.69) is 17.6 Å². The Morgan fingerprint density at radius 3 is 2.67 bits per heavy atom. The van der Waals surface area contributed by atoms with Gasteiger partial charge >= 0.3 is 0 Å². The Morgan fingerprint density at radius 2 is 1.90 bits per heavy atom. The van der Waals surface area contributed by atoms with Crippen molar-refractivity contribution >= 4 is 10.9 Å². The molecule has 0 unspecified atom stereocenters. The number of aryl methyl sites for hydroxylation is 2. The van der Waals surface area contributed by atoms with Gasteiger partial charge in [0.15, 0.2) is 0 Å². The van der Waals surface area contributed by atoms with Gasteiger partial charge in [0.25, 0.3) is 0 Å². The molecule has 1 heterocycles. The predicted molar refractivity (Wildman–Crippen MR) is 84.8 cm³/mol. The highest BCUT2D eigenvalue weighted by Crippen LogP contribution is 2.25. The van der Waals surface area contributed by atoms with Crippen molar-refractivity contribution in [3.8, 4) is 11.5 Å². The number of ether oxygens (including phenoxy) is 1. The molecule has 0 amide bonds. The van der Waals surface area contributed by atoms with Crippen LogP contribution in [0.1, 0.15) is 18.2 Å². The first-order valence-corrected chi connectivity index (χ1v) is 7.18. The Balaban J connectivity index is 1.92. The number of phenolic OH excluding ortho intramolecular Hbond substituents is 1. The third-order valence-corrected chi connectivity index (χ3v) is 3.76. The molecule has 108 valence electrons. The van der Waals surface area contributed by atoms with E-state index in [-0.39, 0.29) is 0 Å². The summed E-state index contributed by atoms with van der Waals surface area (Å²) in [6.07, 6.45) is 0. The van der Waals surface area contributed by atoms with E-state index < -0.39 is 0 Å². The molecule has 2 aromatic carbocycles. The lowest BCUT2D eigenvalue weighted by Gasteiger charge is -2.11. The van der Waals surface area contributed by atoms with Crippen LogP contribution >= 0.6 is 0 Å². The minimum absolute atomic E-state index is 0.293. The first-order chi connectivity index (χ1) is 10.2. The maximum atomic E-state index is 9.66. The second kappa shape index (κ2) is 5.52. The number of benzene rings is 2. The number of nitrogens with zero attached hydrogens (tertiary/aromatic N) is 1. The molecule has 0 bridgehead atoms. The Hall–Kier alpha value is -2.42. The summed E-state index contributed by atoms with van der Waals surface area (Å²) in [7, 11) is 0. The van der Waals surface area contributed by atoms with Crippen molar-refractivity contribution in [2.45, 2.75) is 27.0 Å². The third kappa shape index (κ3) is 2.59. The van der Waals surface area contributed by atoms with Gasteiger partial charge in [-0.15, -0.1) is 0 Å². The molecule has 0 atom stereocenters. The van der Waals surface area contributed by atoms with Gasteiger partial charge in [-0.3, -0.25) is 0 Å². The molecule has 21 heavy (non-hydrogen) atoms. The van der Waals surface area contributed by atoms with Crippen LogP contribution in [0.5, 0.6) is 11.5 Å². The topological polar surface area (TPSA) is 34.4 Å². The van der Waals surface area contributed by atoms with E-state index in [1.165, 1.54) is 0 Å². The zero-order chi connectivity index (χ0) is 14.8. The van der Waals surface area contributed by atoms with Crippen molar-refractivity contribution in [2.75, 3.05) is 0 Å². The van der Waals surface area contributed by atoms with Crippen LogP contribution in [-0.2, 0) is 13.2 Å². The largest absolute Gasteiger partial charge is 0.508 e. The van der Waals surface area contributed by atoms with Crippen LogP contribution in [0.25, 0.3) is 10.9 Å². The average Bonchev–Trinajstić information content (AvgIpc) is 2.83. The van der Waals surface area contributed by atoms with Crippen molar-refractivity contribution < 1.29 is 9.84 Å². The van der Waals surface area contributed by atoms with Gasteiger partial charge in [-0.1, -0.05) is 18.2 Å². The number of aromatic hydroxyl groups is 1. The summed E-state index contributed by atoms with van der Waals surface area (Å²) in [6, 6.07) is 15.6. The van der Waals surface area contributed by atoms with Gasteiger partial charge < -0.3 is 14.4 Å². The maximum Gasteiger partial charge on any atom is 0.128 e. The van der Waals surface area contributed by atoms with Gasteiger partial charge in [0.2, 0.25) is 0 Å². The minimum Gasteiger partial charge on any atom is -0.508 e. The quantitative estimate of drug-likeness (QED) is 0.775. The lowest BCUT2D eigenvalue weighted by atomic mass is 10.2. The van der Waals surface area contributed by atoms with E-state index >= 15 is 0 Å². The zero-order valence-corrected chi connectivity index (χ0v) is 12.3. The Labute approximate surface area is 124 Å². The van der Waals surface area contributed by atoms with E-state index in [4.69, 9.17) is 4.74 Å². The van der Waals surface area contributed by atoms with Crippen molar-refractivity contribution in [2.24, 2.45) is 0 Å². The standard InChI is InChI=1S/C18H19NO2/c1-3-19-15(10-14-8-9-16(20)11-17(14)19)12-21-18-7-5-4-6-13(18)2/h4-11,20H,3,12H2,1-2H3. The Morgan fingerprint density at radius 1 is 1.10 bits per heavy atom. The number of fused-ring (bicyclic) bond motifs is 1. The summed E-state index contributed by atoms with van der Waals surface area (Å²) in [6.45, 7) is 5.51. The van der Waals surface area contributed by atoms with E-state index in [1.54, 1.807) is 12.1 Å². The lowest BCUT2D eigenvalue weighted by Crippen LogP contribution is -2.05. The first-order valence-electron chi connectivity index (χ1n) is 7.18. The van der Waals surface area contributed by atoms with E-state index in [9.17, 15) is 5.11 Å². The normalized spacial score (nSPS) is 11.0. The number of para-hydroxylation sites is 1. The van der Waals surface area contributed by atoms with E-state index in [0.29, 0.717) is 12.4 Å². The Bertz CT molecular complexity index is 774. The molecule has 0 radical (unpaired) electrons. The van der Waals surface area contributed by atoms with Crippen LogP contribution in [0.4, 0.5) is 0 Å². The first kappa shape index (κ1) is 13.6. The molecule has 3 aromatic rings. The van der Waals surface area contributed by atoms with Crippen LogP contribution in [0.15, 0.2) is 48.5 Å². The van der Waals surface area contributed by atoms with E-state index in [0.717, 1.165) is 34.5 Å². The number of hydrogen-bond donors (Lipinski definition) is 1. The lowest BCUT2D eigenvalue weighted by molar-refractivity contribution is 0.294. The van der Waals surface area contributed by atoms with Crippen molar-refractivity contribution in [1.29, 1.82) is 0 Å². The monoisotopic (exact) mass is 281 g/mol. The fourth-order valence-electron chi connectivity index (χ4n) is 2.66. The highest BCUT2D eigenvalue weighted by molar-refractivity contribution is 5.82. The summed E-state index contributed by atoms with van der Waals surface area (Å²) in [4.78, 5) is 0. The van der Waals surface area contributed by atoms with Crippen LogP contribution in [0.3, 0.4) is 0 Å². The van der Waals surface area contributed by atoms with Crippen molar-refractivity contribution in [3.63, 3.8) is 0 Å². The molecule has 0 fully saturated rings. The smallest absolute Gasteiger partial charge is 0.128 e. The molecule has 0 aliphatic heterocycles. The summed E-state index contributed by atoms with van der Waals surface area (Å²) < 4.78 is 8.12. The third-order valence-electron chi connectivity index (χ3n) is 3.76. The van der Waals surface area contributed by atoms with Crippen LogP contribution < -0.4 is 4.74 Å². The maximum absolute atomic E-state index is 9.66. The minimum atomic E-state index is 0.293. The van der Waals surface area contributed by atoms with Gasteiger partial charge in [-0.2, -0.15) is 0 Å². The van der Waals surface area contributed by atoms with Crippen molar-refractivity contribution in [3.05, 3.63) is 59.8 Å². The molecule has 0 saturated carbocycles. The molecule has 0 spiro atoms. The number of hydrogen-bond acceptors (Lipinski definition) is 2. The fourth-order valence-corrected chi connectivity index (χ4v) is 2.66. The number of phenols is 1. The highest BCUT2D eigenvalue weighted by atomic mass is 16.5. The highest BCUT2D eigenvalue weighted by Gasteiger charge is 2.09. The fraction of sp³-hybridized carbons (Fsp3) is 0.222. The van der Waals surface area contributed by atoms with Crippen LogP contribution in [-0.4, -0.2) is 9.67 Å². The molecule has 3 heteroatoms. The molecule has 3 rings (SSSR count). The SMILES string of the molecule is CCn1c(COc2ccccc2C)cc2ccc(O)cc21. The average molecular weight is 281 g/mol. The number of rotatable bonds is 4. The number of aromatic nitrogens is 1. The molecule has 0 aliphatic rings. The molecular formula is C18H19NO2. The molecule has 1 N–H and O–H groups in total. The predicted octanol–water partition coefficient (Wildman–Crippen LogP) is 4.25. The van der Waals surface area contributed by atoms with Gasteiger partial charge in [0.1, 0.15) is 18.1 Å². The van der Waals surface area contributed by atoms with E-state index in [1.807, 2.05) is 37.3 Å². The summed E-state index contributed by atoms with van der Waals surface area (Å²) in [5, 5.41) is 10.8. The van der Waals surface area contributed by atoms with Crippen LogP contribution in [0, 0.1) is 6.92 Å². The van der Waals surface area contributed by atoms with Gasteiger partial charge in [0, 0.05) is 18.0 Å². The molecule has 1 aromatic heterocycles. The second-order valence-electron chi connectivity index (χ2n) is 5.18. The molecule has 0 aliphatic carbocycles. The second-order valence-corrected chi connectivity index (χ2v) is 5.18. The summed E-state index contributed by atoms with van der Waals surface area (Å²) >= 11 is 0. The molecular weight excluding hydrogens is 262 g/mol. The van der Waals surface area contributed by atoms with Gasteiger partial charge in [-0.25, -0.2) is 0 Å². The van der Waals surface area contributed by atoms with Gasteiger partial charge in [-0.05, 0) is 43.7 Å². The Kier molecular flexibility index (Phi) is 3.57. The van der Waals surface area contributed by atoms with Crippen molar-refractivity contribution in [1.82, 2.24) is 4.57 Å². The summed E-state index contributed by atoms with van der Waals surface area (Å²) in [5.41, 5.74) is 3.29.